The van der Waals surface area contributed by atoms with E-state index in [0.717, 1.165) is 48.2 Å². The van der Waals surface area contributed by atoms with E-state index in [4.69, 9.17) is 11.6 Å². The molecule has 212 valence electrons. The van der Waals surface area contributed by atoms with Crippen LogP contribution in [0.2, 0.25) is 5.02 Å². The van der Waals surface area contributed by atoms with E-state index in [2.05, 4.69) is 5.32 Å². The van der Waals surface area contributed by atoms with Gasteiger partial charge in [-0.15, -0.1) is 0 Å². The van der Waals surface area contributed by atoms with Crippen molar-refractivity contribution in [3.8, 4) is 0 Å². The Morgan fingerprint density at radius 1 is 0.900 bits per heavy atom. The second kappa shape index (κ2) is 13.8. The summed E-state index contributed by atoms with van der Waals surface area (Å²) in [6.45, 7) is -0.393. The number of anilines is 1. The van der Waals surface area contributed by atoms with Crippen LogP contribution in [0.5, 0.6) is 0 Å². The van der Waals surface area contributed by atoms with Crippen molar-refractivity contribution in [2.75, 3.05) is 17.1 Å². The minimum atomic E-state index is -3.80. The molecule has 0 unspecified atom stereocenters. The third kappa shape index (κ3) is 8.08. The van der Waals surface area contributed by atoms with Crippen LogP contribution in [-0.4, -0.2) is 50.0 Å². The molecule has 9 heteroatoms. The van der Waals surface area contributed by atoms with Gasteiger partial charge >= 0.3 is 0 Å². The molecule has 3 aromatic carbocycles. The average molecular weight is 582 g/mol. The molecular formula is C31H36ClN3O4S. The van der Waals surface area contributed by atoms with Gasteiger partial charge in [0, 0.05) is 24.0 Å². The number of carbonyl (C=O) groups is 2. The fraction of sp³-hybridized carbons (Fsp3) is 0.355. The molecule has 1 N–H and O–H groups in total. The predicted molar refractivity (Wildman–Crippen MR) is 160 cm³/mol. The Morgan fingerprint density at radius 2 is 1.50 bits per heavy atom. The van der Waals surface area contributed by atoms with Crippen LogP contribution in [0.25, 0.3) is 0 Å². The molecule has 0 bridgehead atoms. The number of nitrogens with one attached hydrogen (secondary N) is 1. The van der Waals surface area contributed by atoms with Gasteiger partial charge in [0.25, 0.3) is 0 Å². The number of sulfonamides is 1. The molecule has 1 aliphatic rings. The number of carbonyl (C=O) groups excluding carboxylic acids is 2. The van der Waals surface area contributed by atoms with Gasteiger partial charge in [0.1, 0.15) is 12.6 Å². The first kappa shape index (κ1) is 29.6. The van der Waals surface area contributed by atoms with E-state index >= 15 is 0 Å². The van der Waals surface area contributed by atoms with Gasteiger partial charge in [-0.3, -0.25) is 13.9 Å². The zero-order valence-electron chi connectivity index (χ0n) is 22.7. The van der Waals surface area contributed by atoms with Gasteiger partial charge in [-0.2, -0.15) is 0 Å². The minimum absolute atomic E-state index is 0.0497. The first-order valence-corrected chi connectivity index (χ1v) is 15.8. The van der Waals surface area contributed by atoms with Gasteiger partial charge in [0.05, 0.1) is 11.9 Å². The number of nitrogens with zero attached hydrogens (tertiary/aromatic N) is 2. The van der Waals surface area contributed by atoms with Crippen LogP contribution in [0.3, 0.4) is 0 Å². The molecule has 0 aromatic heterocycles. The van der Waals surface area contributed by atoms with E-state index in [-0.39, 0.29) is 24.9 Å². The molecule has 7 nitrogen and oxygen atoms in total. The molecule has 3 aromatic rings. The zero-order chi connectivity index (χ0) is 28.5. The summed E-state index contributed by atoms with van der Waals surface area (Å²) in [7, 11) is -3.80. The molecule has 2 amide bonds. The van der Waals surface area contributed by atoms with Gasteiger partial charge < -0.3 is 10.2 Å². The molecule has 1 saturated carbocycles. The first-order chi connectivity index (χ1) is 19.2. The smallest absolute Gasteiger partial charge is 0.244 e. The van der Waals surface area contributed by atoms with Crippen LogP contribution in [0.1, 0.15) is 43.2 Å². The van der Waals surface area contributed by atoms with Crippen LogP contribution >= 0.6 is 11.6 Å². The number of benzene rings is 3. The van der Waals surface area contributed by atoms with E-state index in [9.17, 15) is 18.0 Å². The third-order valence-corrected chi connectivity index (χ3v) is 8.75. The fourth-order valence-electron chi connectivity index (χ4n) is 5.12. The Hall–Kier alpha value is -3.36. The summed E-state index contributed by atoms with van der Waals surface area (Å²) in [6.07, 6.45) is 6.41. The van der Waals surface area contributed by atoms with Gasteiger partial charge in [0.2, 0.25) is 21.8 Å². The zero-order valence-corrected chi connectivity index (χ0v) is 24.3. The van der Waals surface area contributed by atoms with E-state index in [1.807, 2.05) is 42.5 Å². The maximum absolute atomic E-state index is 14.1. The number of halogens is 1. The lowest BCUT2D eigenvalue weighted by Crippen LogP contribution is -2.55. The maximum Gasteiger partial charge on any atom is 0.244 e. The summed E-state index contributed by atoms with van der Waals surface area (Å²) in [6, 6.07) is 24.4. The summed E-state index contributed by atoms with van der Waals surface area (Å²) in [5, 5.41) is 3.66. The lowest BCUT2D eigenvalue weighted by atomic mass is 9.94. The van der Waals surface area contributed by atoms with E-state index in [1.165, 1.54) is 4.90 Å². The van der Waals surface area contributed by atoms with Crippen molar-refractivity contribution in [1.29, 1.82) is 0 Å². The fourth-order valence-corrected chi connectivity index (χ4v) is 6.16. The summed E-state index contributed by atoms with van der Waals surface area (Å²) < 4.78 is 26.7. The predicted octanol–water partition coefficient (Wildman–Crippen LogP) is 5.20. The second-order valence-electron chi connectivity index (χ2n) is 10.3. The van der Waals surface area contributed by atoms with Crippen LogP contribution in [0, 0.1) is 0 Å². The highest BCUT2D eigenvalue weighted by Gasteiger charge is 2.34. The molecule has 0 aliphatic heterocycles. The number of hydrogen-bond donors (Lipinski definition) is 1. The van der Waals surface area contributed by atoms with Gasteiger partial charge in [-0.25, -0.2) is 8.42 Å². The van der Waals surface area contributed by atoms with Gasteiger partial charge in [-0.05, 0) is 42.2 Å². The molecule has 1 aliphatic carbocycles. The third-order valence-electron chi connectivity index (χ3n) is 7.24. The van der Waals surface area contributed by atoms with E-state index < -0.39 is 28.5 Å². The molecule has 0 spiro atoms. The summed E-state index contributed by atoms with van der Waals surface area (Å²) >= 11 is 6.50. The monoisotopic (exact) mass is 581 g/mol. The maximum atomic E-state index is 14.1. The average Bonchev–Trinajstić information content (AvgIpc) is 2.95. The van der Waals surface area contributed by atoms with Crippen molar-refractivity contribution < 1.29 is 18.0 Å². The topological polar surface area (TPSA) is 86.8 Å². The first-order valence-electron chi connectivity index (χ1n) is 13.6. The van der Waals surface area contributed by atoms with Crippen LogP contribution in [0.15, 0.2) is 84.9 Å². The highest BCUT2D eigenvalue weighted by molar-refractivity contribution is 7.92. The largest absolute Gasteiger partial charge is 0.352 e. The normalized spacial score (nSPS) is 14.8. The molecule has 0 heterocycles. The lowest BCUT2D eigenvalue weighted by Gasteiger charge is -2.35. The SMILES string of the molecule is CS(=O)(=O)N(CC(=O)N(Cc1ccccc1Cl)[C@H](Cc1ccccc1)C(=O)NC1CCCCC1)c1ccccc1. The number of hydrogen-bond acceptors (Lipinski definition) is 4. The second-order valence-corrected chi connectivity index (χ2v) is 12.6. The summed E-state index contributed by atoms with van der Waals surface area (Å²) in [5.74, 6) is -0.740. The van der Waals surface area contributed by atoms with Crippen LogP contribution < -0.4 is 9.62 Å². The number of para-hydroxylation sites is 1. The van der Waals surface area contributed by atoms with Gasteiger partial charge in [0.15, 0.2) is 0 Å². The molecular weight excluding hydrogens is 546 g/mol. The molecule has 1 fully saturated rings. The molecule has 40 heavy (non-hydrogen) atoms. The highest BCUT2D eigenvalue weighted by atomic mass is 35.5. The van der Waals surface area contributed by atoms with Crippen LogP contribution in [-0.2, 0) is 32.6 Å². The summed E-state index contributed by atoms with van der Waals surface area (Å²) in [4.78, 5) is 29.5. The molecule has 0 saturated heterocycles. The summed E-state index contributed by atoms with van der Waals surface area (Å²) in [5.41, 5.74) is 1.94. The minimum Gasteiger partial charge on any atom is -0.352 e. The van der Waals surface area contributed by atoms with Gasteiger partial charge in [-0.1, -0.05) is 97.6 Å². The van der Waals surface area contributed by atoms with E-state index in [1.54, 1.807) is 42.5 Å². The molecule has 0 radical (unpaired) electrons. The Balaban J connectivity index is 1.72. The van der Waals surface area contributed by atoms with Crippen molar-refractivity contribution in [3.63, 3.8) is 0 Å². The number of rotatable bonds is 11. The standard InChI is InChI=1S/C31H36ClN3O4S/c1-40(38,39)35(27-18-9-4-10-19-27)23-30(36)34(22-25-15-11-12-20-28(25)32)29(21-24-13-5-2-6-14-24)31(37)33-26-16-7-3-8-17-26/h2,4-6,9-15,18-20,26,29H,3,7-8,16-17,21-23H2,1H3,(H,33,37)/t29-/m1/s1. The van der Waals surface area contributed by atoms with Crippen LogP contribution in [0.4, 0.5) is 5.69 Å². The van der Waals surface area contributed by atoms with Crippen molar-refractivity contribution in [3.05, 3.63) is 101 Å². The Bertz CT molecular complexity index is 1380. The van der Waals surface area contributed by atoms with Crippen molar-refractivity contribution in [2.24, 2.45) is 0 Å². The van der Waals surface area contributed by atoms with Crippen molar-refractivity contribution in [2.45, 2.75) is 57.2 Å². The highest BCUT2D eigenvalue weighted by Crippen LogP contribution is 2.24. The molecule has 1 atom stereocenters. The quantitative estimate of drug-likeness (QED) is 0.337. The lowest BCUT2D eigenvalue weighted by molar-refractivity contribution is -0.140. The van der Waals surface area contributed by atoms with Crippen molar-refractivity contribution in [1.82, 2.24) is 10.2 Å². The van der Waals surface area contributed by atoms with E-state index in [0.29, 0.717) is 16.3 Å². The van der Waals surface area contributed by atoms with Crippen molar-refractivity contribution >= 4 is 39.1 Å². The number of amides is 2. The Kier molecular flexibility index (Phi) is 10.2. The molecule has 4 rings (SSSR count). The Morgan fingerprint density at radius 3 is 2.12 bits per heavy atom. The Labute approximate surface area is 242 Å².